The molecule has 0 aliphatic heterocycles. The summed E-state index contributed by atoms with van der Waals surface area (Å²) in [5.74, 6) is 0. The highest BCUT2D eigenvalue weighted by Crippen LogP contribution is 2.30. The van der Waals surface area contributed by atoms with Crippen LogP contribution in [0.25, 0.3) is 22.2 Å². The van der Waals surface area contributed by atoms with E-state index >= 15 is 0 Å². The van der Waals surface area contributed by atoms with Gasteiger partial charge in [0, 0.05) is 29.0 Å². The third-order valence-electron chi connectivity index (χ3n) is 3.14. The van der Waals surface area contributed by atoms with Crippen LogP contribution in [0.15, 0.2) is 48.8 Å². The van der Waals surface area contributed by atoms with Gasteiger partial charge in [0.1, 0.15) is 0 Å². The predicted molar refractivity (Wildman–Crippen MR) is 74.1 cm³/mol. The highest BCUT2D eigenvalue weighted by Gasteiger charge is 2.10. The van der Waals surface area contributed by atoms with Gasteiger partial charge in [0.15, 0.2) is 0 Å². The molecule has 3 aromatic rings. The van der Waals surface area contributed by atoms with E-state index < -0.39 is 0 Å². The number of anilines is 1. The molecule has 0 aliphatic rings. The van der Waals surface area contributed by atoms with Gasteiger partial charge >= 0.3 is 0 Å². The molecule has 0 saturated carbocycles. The van der Waals surface area contributed by atoms with Crippen LogP contribution in [0.3, 0.4) is 0 Å². The average molecular weight is 235 g/mol. The summed E-state index contributed by atoms with van der Waals surface area (Å²) in [7, 11) is 0. The van der Waals surface area contributed by atoms with Gasteiger partial charge in [-0.05, 0) is 30.7 Å². The Hall–Kier alpha value is -2.42. The van der Waals surface area contributed by atoms with Crippen LogP contribution in [0.5, 0.6) is 0 Å². The minimum absolute atomic E-state index is 0.799. The van der Waals surface area contributed by atoms with Crippen molar-refractivity contribution in [3.05, 3.63) is 54.4 Å². The van der Waals surface area contributed by atoms with Crippen molar-refractivity contribution in [3.8, 4) is 11.3 Å². The summed E-state index contributed by atoms with van der Waals surface area (Å²) < 4.78 is 0. The Morgan fingerprint density at radius 3 is 2.50 bits per heavy atom. The Bertz CT molecular complexity index is 706. The van der Waals surface area contributed by atoms with E-state index in [-0.39, 0.29) is 0 Å². The SMILES string of the molecule is Cc1c(-c2ccncc2)nc2ccccc2c1N. The number of fused-ring (bicyclic) bond motifs is 1. The van der Waals surface area contributed by atoms with Crippen LogP contribution in [0.1, 0.15) is 5.56 Å². The zero-order valence-corrected chi connectivity index (χ0v) is 10.1. The fraction of sp³-hybridized carbons (Fsp3) is 0.0667. The molecule has 0 fully saturated rings. The molecule has 0 amide bonds. The lowest BCUT2D eigenvalue weighted by molar-refractivity contribution is 1.29. The van der Waals surface area contributed by atoms with E-state index in [2.05, 4.69) is 4.98 Å². The molecule has 2 aromatic heterocycles. The number of rotatable bonds is 1. The molecule has 3 rings (SSSR count). The minimum Gasteiger partial charge on any atom is -0.398 e. The molecule has 18 heavy (non-hydrogen) atoms. The van der Waals surface area contributed by atoms with Crippen LogP contribution in [0.2, 0.25) is 0 Å². The fourth-order valence-electron chi connectivity index (χ4n) is 2.12. The predicted octanol–water partition coefficient (Wildman–Crippen LogP) is 3.19. The van der Waals surface area contributed by atoms with Gasteiger partial charge in [-0.15, -0.1) is 0 Å². The lowest BCUT2D eigenvalue weighted by Gasteiger charge is -2.11. The van der Waals surface area contributed by atoms with E-state index in [0.717, 1.165) is 33.4 Å². The van der Waals surface area contributed by atoms with Crippen molar-refractivity contribution in [3.63, 3.8) is 0 Å². The Morgan fingerprint density at radius 1 is 1.00 bits per heavy atom. The third-order valence-corrected chi connectivity index (χ3v) is 3.14. The molecule has 2 heterocycles. The van der Waals surface area contributed by atoms with Crippen molar-refractivity contribution in [1.82, 2.24) is 9.97 Å². The molecule has 0 saturated heterocycles. The number of pyridine rings is 2. The lowest BCUT2D eigenvalue weighted by Crippen LogP contribution is -1.97. The molecule has 0 unspecified atom stereocenters. The molecule has 2 N–H and O–H groups in total. The number of nitrogen functional groups attached to an aromatic ring is 1. The third kappa shape index (κ3) is 1.61. The molecule has 0 aliphatic carbocycles. The van der Waals surface area contributed by atoms with Crippen LogP contribution < -0.4 is 5.73 Å². The smallest absolute Gasteiger partial charge is 0.0760 e. The summed E-state index contributed by atoms with van der Waals surface area (Å²) >= 11 is 0. The van der Waals surface area contributed by atoms with Gasteiger partial charge in [-0.1, -0.05) is 18.2 Å². The molecule has 0 radical (unpaired) electrons. The minimum atomic E-state index is 0.799. The first kappa shape index (κ1) is 10.7. The monoisotopic (exact) mass is 235 g/mol. The molecule has 0 atom stereocenters. The molecule has 1 aromatic carbocycles. The van der Waals surface area contributed by atoms with Crippen molar-refractivity contribution in [1.29, 1.82) is 0 Å². The van der Waals surface area contributed by atoms with Gasteiger partial charge in [0.25, 0.3) is 0 Å². The first-order valence-electron chi connectivity index (χ1n) is 5.82. The number of hydrogen-bond donors (Lipinski definition) is 1. The fourth-order valence-corrected chi connectivity index (χ4v) is 2.12. The molecule has 0 spiro atoms. The van der Waals surface area contributed by atoms with Crippen LogP contribution in [-0.4, -0.2) is 9.97 Å². The van der Waals surface area contributed by atoms with Gasteiger partial charge in [0.05, 0.1) is 11.2 Å². The summed E-state index contributed by atoms with van der Waals surface area (Å²) in [5.41, 5.74) is 10.9. The highest BCUT2D eigenvalue weighted by molar-refractivity contribution is 5.94. The van der Waals surface area contributed by atoms with Crippen molar-refractivity contribution < 1.29 is 0 Å². The Labute approximate surface area is 105 Å². The topological polar surface area (TPSA) is 51.8 Å². The normalized spacial score (nSPS) is 10.7. The van der Waals surface area contributed by atoms with Gasteiger partial charge in [-0.2, -0.15) is 0 Å². The molecule has 88 valence electrons. The van der Waals surface area contributed by atoms with Crippen molar-refractivity contribution in [2.75, 3.05) is 5.73 Å². The number of para-hydroxylation sites is 1. The zero-order chi connectivity index (χ0) is 12.5. The van der Waals surface area contributed by atoms with Crippen molar-refractivity contribution >= 4 is 16.6 Å². The standard InChI is InChI=1S/C15H13N3/c1-10-14(16)12-4-2-3-5-13(12)18-15(10)11-6-8-17-9-7-11/h2-9H,1H3,(H2,16,18). The maximum absolute atomic E-state index is 6.20. The van der Waals surface area contributed by atoms with E-state index in [1.54, 1.807) is 12.4 Å². The largest absolute Gasteiger partial charge is 0.398 e. The zero-order valence-electron chi connectivity index (χ0n) is 10.1. The quantitative estimate of drug-likeness (QED) is 0.704. The summed E-state index contributed by atoms with van der Waals surface area (Å²) in [6, 6.07) is 11.8. The van der Waals surface area contributed by atoms with Gasteiger partial charge in [-0.3, -0.25) is 4.98 Å². The second kappa shape index (κ2) is 4.11. The lowest BCUT2D eigenvalue weighted by atomic mass is 10.0. The van der Waals surface area contributed by atoms with E-state index in [4.69, 9.17) is 10.7 Å². The van der Waals surface area contributed by atoms with Crippen LogP contribution in [0, 0.1) is 6.92 Å². The number of aromatic nitrogens is 2. The van der Waals surface area contributed by atoms with E-state index in [0.29, 0.717) is 0 Å². The summed E-state index contributed by atoms with van der Waals surface area (Å²) in [4.78, 5) is 8.72. The summed E-state index contributed by atoms with van der Waals surface area (Å²) in [6.45, 7) is 2.00. The molecule has 0 bridgehead atoms. The Kier molecular flexibility index (Phi) is 2.45. The number of nitrogens with zero attached hydrogens (tertiary/aromatic N) is 2. The maximum atomic E-state index is 6.20. The summed E-state index contributed by atoms with van der Waals surface area (Å²) in [6.07, 6.45) is 3.53. The van der Waals surface area contributed by atoms with Crippen LogP contribution >= 0.6 is 0 Å². The first-order valence-corrected chi connectivity index (χ1v) is 5.82. The van der Waals surface area contributed by atoms with Crippen molar-refractivity contribution in [2.24, 2.45) is 0 Å². The molecular weight excluding hydrogens is 222 g/mol. The number of benzene rings is 1. The Balaban J connectivity index is 2.34. The molecule has 3 nitrogen and oxygen atoms in total. The molecule has 3 heteroatoms. The Morgan fingerprint density at radius 2 is 1.72 bits per heavy atom. The maximum Gasteiger partial charge on any atom is 0.0760 e. The van der Waals surface area contributed by atoms with Gasteiger partial charge in [0.2, 0.25) is 0 Å². The number of nitrogens with two attached hydrogens (primary N) is 1. The van der Waals surface area contributed by atoms with Gasteiger partial charge in [-0.25, -0.2) is 4.98 Å². The summed E-state index contributed by atoms with van der Waals surface area (Å²) in [5, 5.41) is 1.01. The molecular formula is C15H13N3. The highest BCUT2D eigenvalue weighted by atomic mass is 14.7. The van der Waals surface area contributed by atoms with Crippen LogP contribution in [-0.2, 0) is 0 Å². The second-order valence-electron chi connectivity index (χ2n) is 4.25. The van der Waals surface area contributed by atoms with Gasteiger partial charge < -0.3 is 5.73 Å². The van der Waals surface area contributed by atoms with E-state index in [1.807, 2.05) is 43.3 Å². The van der Waals surface area contributed by atoms with Crippen LogP contribution in [0.4, 0.5) is 5.69 Å². The second-order valence-corrected chi connectivity index (χ2v) is 4.25. The average Bonchev–Trinajstić information content (AvgIpc) is 2.44. The first-order chi connectivity index (χ1) is 8.77. The van der Waals surface area contributed by atoms with E-state index in [1.165, 1.54) is 0 Å². The van der Waals surface area contributed by atoms with Crippen molar-refractivity contribution in [2.45, 2.75) is 6.92 Å². The number of hydrogen-bond acceptors (Lipinski definition) is 3. The van der Waals surface area contributed by atoms with E-state index in [9.17, 15) is 0 Å².